The van der Waals surface area contributed by atoms with Gasteiger partial charge in [0.05, 0.1) is 17.1 Å². The smallest absolute Gasteiger partial charge is 0.290 e. The first-order chi connectivity index (χ1) is 12.0. The summed E-state index contributed by atoms with van der Waals surface area (Å²) in [6, 6.07) is 8.54. The molecule has 0 saturated carbocycles. The minimum atomic E-state index is -0.264. The predicted molar refractivity (Wildman–Crippen MR) is 93.6 cm³/mol. The molecule has 1 atom stereocenters. The van der Waals surface area contributed by atoms with Crippen LogP contribution in [0.15, 0.2) is 39.5 Å². The zero-order valence-corrected chi connectivity index (χ0v) is 14.2. The van der Waals surface area contributed by atoms with Gasteiger partial charge in [0.1, 0.15) is 11.6 Å². The molecule has 1 aromatic carbocycles. The Morgan fingerprint density at radius 3 is 2.92 bits per heavy atom. The topological polar surface area (TPSA) is 79.2 Å². The summed E-state index contributed by atoms with van der Waals surface area (Å²) < 4.78 is 5.47. The number of hydrogen-bond acceptors (Lipinski definition) is 4. The van der Waals surface area contributed by atoms with E-state index in [9.17, 15) is 9.59 Å². The first-order valence-corrected chi connectivity index (χ1v) is 8.40. The van der Waals surface area contributed by atoms with Gasteiger partial charge in [0.15, 0.2) is 11.2 Å². The highest BCUT2D eigenvalue weighted by Gasteiger charge is 2.34. The Labute approximate surface area is 144 Å². The number of aromatic amines is 1. The number of amides is 1. The lowest BCUT2D eigenvalue weighted by Crippen LogP contribution is -2.31. The summed E-state index contributed by atoms with van der Waals surface area (Å²) in [4.78, 5) is 34.3. The zero-order chi connectivity index (χ0) is 17.6. The maximum Gasteiger partial charge on any atom is 0.290 e. The molecular weight excluding hydrogens is 318 g/mol. The van der Waals surface area contributed by atoms with Crippen molar-refractivity contribution in [1.29, 1.82) is 0 Å². The number of nitrogens with zero attached hydrogens (tertiary/aromatic N) is 2. The molecular formula is C19H19N3O3. The van der Waals surface area contributed by atoms with E-state index in [4.69, 9.17) is 4.42 Å². The number of likely N-dealkylation sites (tertiary alicyclic amines) is 1. The van der Waals surface area contributed by atoms with E-state index in [1.165, 1.54) is 12.1 Å². The maximum absolute atomic E-state index is 12.9. The molecule has 0 aliphatic carbocycles. The number of carbonyl (C=O) groups excluding carboxylic acids is 1. The molecule has 1 aliphatic rings. The lowest BCUT2D eigenvalue weighted by molar-refractivity contribution is 0.0693. The summed E-state index contributed by atoms with van der Waals surface area (Å²) >= 11 is 0. The Kier molecular flexibility index (Phi) is 3.67. The van der Waals surface area contributed by atoms with E-state index in [1.54, 1.807) is 11.8 Å². The Hall–Kier alpha value is -2.89. The number of hydrogen-bond donors (Lipinski definition) is 1. The van der Waals surface area contributed by atoms with Crippen LogP contribution in [0.25, 0.3) is 11.0 Å². The lowest BCUT2D eigenvalue weighted by Gasteiger charge is -2.22. The van der Waals surface area contributed by atoms with Crippen molar-refractivity contribution in [2.75, 3.05) is 6.54 Å². The lowest BCUT2D eigenvalue weighted by atomic mass is 10.2. The Balaban J connectivity index is 1.69. The molecule has 1 N–H and O–H groups in total. The van der Waals surface area contributed by atoms with Crippen LogP contribution < -0.4 is 5.43 Å². The third kappa shape index (κ3) is 2.84. The molecule has 1 saturated heterocycles. The fourth-order valence-electron chi connectivity index (χ4n) is 3.45. The normalized spacial score (nSPS) is 17.4. The molecule has 25 heavy (non-hydrogen) atoms. The number of carbonyl (C=O) groups is 1. The van der Waals surface area contributed by atoms with Crippen molar-refractivity contribution < 1.29 is 9.21 Å². The van der Waals surface area contributed by atoms with Gasteiger partial charge in [-0.05, 0) is 44.4 Å². The van der Waals surface area contributed by atoms with E-state index in [-0.39, 0.29) is 23.1 Å². The molecule has 2 aromatic heterocycles. The van der Waals surface area contributed by atoms with Crippen LogP contribution in [0.1, 0.15) is 46.6 Å². The number of imidazole rings is 1. The van der Waals surface area contributed by atoms with Gasteiger partial charge in [-0.25, -0.2) is 4.98 Å². The molecule has 6 nitrogen and oxygen atoms in total. The first kappa shape index (κ1) is 15.6. The van der Waals surface area contributed by atoms with E-state index in [1.807, 2.05) is 25.1 Å². The van der Waals surface area contributed by atoms with Crippen molar-refractivity contribution in [2.45, 2.75) is 32.7 Å². The third-order valence-electron chi connectivity index (χ3n) is 4.59. The molecule has 0 bridgehead atoms. The van der Waals surface area contributed by atoms with Crippen LogP contribution in [0.4, 0.5) is 0 Å². The van der Waals surface area contributed by atoms with E-state index in [0.29, 0.717) is 12.3 Å². The van der Waals surface area contributed by atoms with Crippen LogP contribution in [-0.4, -0.2) is 27.3 Å². The van der Waals surface area contributed by atoms with E-state index < -0.39 is 0 Å². The summed E-state index contributed by atoms with van der Waals surface area (Å²) in [5.41, 5.74) is 2.80. The van der Waals surface area contributed by atoms with Crippen molar-refractivity contribution in [3.8, 4) is 0 Å². The van der Waals surface area contributed by atoms with Gasteiger partial charge >= 0.3 is 0 Å². The summed E-state index contributed by atoms with van der Waals surface area (Å²) in [7, 11) is 0. The van der Waals surface area contributed by atoms with Crippen LogP contribution in [-0.2, 0) is 0 Å². The van der Waals surface area contributed by atoms with Crippen molar-refractivity contribution >= 4 is 16.9 Å². The number of aryl methyl sites for hydroxylation is 2. The fourth-order valence-corrected chi connectivity index (χ4v) is 3.45. The van der Waals surface area contributed by atoms with E-state index in [0.717, 1.165) is 35.3 Å². The third-order valence-corrected chi connectivity index (χ3v) is 4.59. The first-order valence-electron chi connectivity index (χ1n) is 8.40. The van der Waals surface area contributed by atoms with Gasteiger partial charge in [0, 0.05) is 18.7 Å². The van der Waals surface area contributed by atoms with Crippen LogP contribution in [0.3, 0.4) is 0 Å². The second-order valence-electron chi connectivity index (χ2n) is 6.57. The minimum absolute atomic E-state index is 0.0869. The Bertz CT molecular complexity index is 1020. The molecule has 0 spiro atoms. The molecule has 0 radical (unpaired) electrons. The summed E-state index contributed by atoms with van der Waals surface area (Å²) in [5, 5.41) is 0. The standard InChI is InChI=1S/C19H19N3O3/c1-11-5-6-14-15(8-11)21-18(20-14)16-4-3-7-22(16)19(24)17-10-13(23)9-12(2)25-17/h5-6,8-10,16H,3-4,7H2,1-2H3,(H,20,21)/t16-/m0/s1. The van der Waals surface area contributed by atoms with Gasteiger partial charge in [-0.1, -0.05) is 6.07 Å². The Morgan fingerprint density at radius 2 is 2.12 bits per heavy atom. The summed E-state index contributed by atoms with van der Waals surface area (Å²) in [5.74, 6) is 1.04. The number of fused-ring (bicyclic) bond motifs is 1. The molecule has 3 aromatic rings. The van der Waals surface area contributed by atoms with Crippen LogP contribution in [0.5, 0.6) is 0 Å². The molecule has 3 heterocycles. The average molecular weight is 337 g/mol. The fraction of sp³-hybridized carbons (Fsp3) is 0.316. The highest BCUT2D eigenvalue weighted by atomic mass is 16.3. The molecule has 4 rings (SSSR count). The number of aromatic nitrogens is 2. The van der Waals surface area contributed by atoms with Crippen molar-refractivity contribution in [1.82, 2.24) is 14.9 Å². The Morgan fingerprint density at radius 1 is 1.28 bits per heavy atom. The van der Waals surface area contributed by atoms with Crippen molar-refractivity contribution in [3.63, 3.8) is 0 Å². The highest BCUT2D eigenvalue weighted by Crippen LogP contribution is 2.32. The minimum Gasteiger partial charge on any atom is -0.456 e. The molecule has 1 fully saturated rings. The molecule has 1 aliphatic heterocycles. The number of H-pyrrole nitrogens is 1. The molecule has 0 unspecified atom stereocenters. The molecule has 6 heteroatoms. The van der Waals surface area contributed by atoms with Gasteiger partial charge in [-0.15, -0.1) is 0 Å². The van der Waals surface area contributed by atoms with Crippen molar-refractivity contribution in [2.24, 2.45) is 0 Å². The molecule has 1 amide bonds. The van der Waals surface area contributed by atoms with Crippen LogP contribution >= 0.6 is 0 Å². The summed E-state index contributed by atoms with van der Waals surface area (Å²) in [6.45, 7) is 4.32. The van der Waals surface area contributed by atoms with Gasteiger partial charge in [0.25, 0.3) is 5.91 Å². The molecule has 128 valence electrons. The number of rotatable bonds is 2. The van der Waals surface area contributed by atoms with Crippen LogP contribution in [0, 0.1) is 13.8 Å². The highest BCUT2D eigenvalue weighted by molar-refractivity contribution is 5.92. The quantitative estimate of drug-likeness (QED) is 0.779. The average Bonchev–Trinajstić information content (AvgIpc) is 3.18. The van der Waals surface area contributed by atoms with Gasteiger partial charge < -0.3 is 14.3 Å². The van der Waals surface area contributed by atoms with Gasteiger partial charge in [-0.2, -0.15) is 0 Å². The maximum atomic E-state index is 12.9. The van der Waals surface area contributed by atoms with Gasteiger partial charge in [0.2, 0.25) is 0 Å². The number of benzene rings is 1. The second kappa shape index (κ2) is 5.88. The van der Waals surface area contributed by atoms with Crippen molar-refractivity contribution in [3.05, 3.63) is 63.5 Å². The SMILES string of the molecule is Cc1ccc2nc([C@@H]3CCCN3C(=O)c3cc(=O)cc(C)o3)[nH]c2c1. The van der Waals surface area contributed by atoms with Crippen LogP contribution in [0.2, 0.25) is 0 Å². The van der Waals surface area contributed by atoms with E-state index in [2.05, 4.69) is 9.97 Å². The van der Waals surface area contributed by atoms with E-state index >= 15 is 0 Å². The van der Waals surface area contributed by atoms with Gasteiger partial charge in [-0.3, -0.25) is 9.59 Å². The largest absolute Gasteiger partial charge is 0.456 e. The number of nitrogens with one attached hydrogen (secondary N) is 1. The monoisotopic (exact) mass is 337 g/mol. The zero-order valence-electron chi connectivity index (χ0n) is 14.2. The summed E-state index contributed by atoms with van der Waals surface area (Å²) in [6.07, 6.45) is 1.73. The second-order valence-corrected chi connectivity index (χ2v) is 6.57. The predicted octanol–water partition coefficient (Wildman–Crippen LogP) is 3.11.